The van der Waals surface area contributed by atoms with Gasteiger partial charge in [-0.15, -0.1) is 0 Å². The van der Waals surface area contributed by atoms with Crippen molar-refractivity contribution in [2.75, 3.05) is 52.5 Å². The second-order valence-electron chi connectivity index (χ2n) is 8.65. The summed E-state index contributed by atoms with van der Waals surface area (Å²) < 4.78 is 7.20. The van der Waals surface area contributed by atoms with Gasteiger partial charge in [-0.25, -0.2) is 0 Å². The molecule has 3 aliphatic rings. The fraction of sp³-hybridized carbons (Fsp3) is 0.682. The highest BCUT2D eigenvalue weighted by molar-refractivity contribution is 5.83. The van der Waals surface area contributed by atoms with Crippen LogP contribution < -0.4 is 10.9 Å². The average molecular weight is 417 g/mol. The van der Waals surface area contributed by atoms with E-state index in [4.69, 9.17) is 4.74 Å². The zero-order valence-corrected chi connectivity index (χ0v) is 17.6. The monoisotopic (exact) mass is 416 g/mol. The zero-order valence-electron chi connectivity index (χ0n) is 17.6. The molecule has 2 fully saturated rings. The minimum Gasteiger partial charge on any atom is -0.379 e. The molecule has 2 bridgehead atoms. The number of hydrogen-bond donors (Lipinski definition) is 1. The van der Waals surface area contributed by atoms with Crippen LogP contribution >= 0.6 is 0 Å². The second-order valence-corrected chi connectivity index (χ2v) is 8.65. The number of piperidine rings is 1. The average Bonchev–Trinajstić information content (AvgIpc) is 2.76. The van der Waals surface area contributed by atoms with Crippen LogP contribution in [0.3, 0.4) is 0 Å². The van der Waals surface area contributed by atoms with Crippen molar-refractivity contribution in [3.8, 4) is 0 Å². The van der Waals surface area contributed by atoms with Gasteiger partial charge in [0.15, 0.2) is 0 Å². The number of carbonyl (C=O) groups is 2. The molecule has 0 radical (unpaired) electrons. The number of pyridine rings is 1. The molecule has 2 atom stereocenters. The van der Waals surface area contributed by atoms with Crippen LogP contribution in [-0.4, -0.2) is 78.7 Å². The van der Waals surface area contributed by atoms with E-state index in [0.29, 0.717) is 32.1 Å². The smallest absolute Gasteiger partial charge is 0.250 e. The number of fused-ring (bicyclic) bond motifs is 4. The third-order valence-corrected chi connectivity index (χ3v) is 6.48. The second kappa shape index (κ2) is 9.75. The van der Waals surface area contributed by atoms with E-state index in [0.717, 1.165) is 51.4 Å². The number of ether oxygens (including phenoxy) is 1. The molecule has 0 aromatic carbocycles. The minimum absolute atomic E-state index is 0.0416. The van der Waals surface area contributed by atoms with Crippen molar-refractivity contribution in [3.05, 3.63) is 34.2 Å². The third-order valence-electron chi connectivity index (χ3n) is 6.48. The first-order valence-electron chi connectivity index (χ1n) is 11.1. The Morgan fingerprint density at radius 2 is 1.93 bits per heavy atom. The molecule has 8 nitrogen and oxygen atoms in total. The highest BCUT2D eigenvalue weighted by Crippen LogP contribution is 2.35. The fourth-order valence-corrected chi connectivity index (χ4v) is 4.92. The summed E-state index contributed by atoms with van der Waals surface area (Å²) >= 11 is 0. The predicted octanol–water partition coefficient (Wildman–Crippen LogP) is 0.413. The first kappa shape index (κ1) is 21.1. The molecule has 1 aromatic rings. The molecular formula is C22H32N4O4. The van der Waals surface area contributed by atoms with E-state index in [1.54, 1.807) is 12.1 Å². The lowest BCUT2D eigenvalue weighted by atomic mass is 9.83. The lowest BCUT2D eigenvalue weighted by Crippen LogP contribution is -2.49. The van der Waals surface area contributed by atoms with Gasteiger partial charge >= 0.3 is 0 Å². The van der Waals surface area contributed by atoms with Gasteiger partial charge in [-0.2, -0.15) is 0 Å². The molecule has 8 heteroatoms. The van der Waals surface area contributed by atoms with Gasteiger partial charge in [-0.1, -0.05) is 6.07 Å². The maximum atomic E-state index is 12.7. The Bertz CT molecular complexity index is 818. The Morgan fingerprint density at radius 1 is 1.10 bits per heavy atom. The van der Waals surface area contributed by atoms with Crippen LogP contribution in [0.25, 0.3) is 0 Å². The maximum Gasteiger partial charge on any atom is 0.250 e. The molecule has 0 spiro atoms. The van der Waals surface area contributed by atoms with Crippen molar-refractivity contribution < 1.29 is 14.3 Å². The van der Waals surface area contributed by atoms with Crippen molar-refractivity contribution in [1.82, 2.24) is 19.7 Å². The number of nitrogens with zero attached hydrogens (tertiary/aromatic N) is 3. The molecule has 0 aliphatic carbocycles. The van der Waals surface area contributed by atoms with Gasteiger partial charge in [-0.3, -0.25) is 19.3 Å². The SMILES string of the molecule is O=C(CCC(=O)N1C[C@H]2C[C@@H](C1)c1cccc(=O)n1C2)NCCCN1CCOCC1. The molecular weight excluding hydrogens is 384 g/mol. The van der Waals surface area contributed by atoms with Crippen LogP contribution in [0.15, 0.2) is 23.0 Å². The highest BCUT2D eigenvalue weighted by Gasteiger charge is 2.36. The zero-order chi connectivity index (χ0) is 20.9. The van der Waals surface area contributed by atoms with Crippen molar-refractivity contribution >= 4 is 11.8 Å². The van der Waals surface area contributed by atoms with E-state index >= 15 is 0 Å². The minimum atomic E-state index is -0.0561. The topological polar surface area (TPSA) is 83.9 Å². The number of carbonyl (C=O) groups excluding carboxylic acids is 2. The molecule has 3 aliphatic heterocycles. The molecule has 4 rings (SSSR count). The summed E-state index contributed by atoms with van der Waals surface area (Å²) in [6.07, 6.45) is 2.42. The summed E-state index contributed by atoms with van der Waals surface area (Å²) in [6.45, 7) is 7.09. The number of amides is 2. The molecule has 4 heterocycles. The number of likely N-dealkylation sites (tertiary alicyclic amines) is 1. The first-order chi connectivity index (χ1) is 14.6. The van der Waals surface area contributed by atoms with E-state index in [1.807, 2.05) is 15.5 Å². The Morgan fingerprint density at radius 3 is 2.77 bits per heavy atom. The van der Waals surface area contributed by atoms with Crippen LogP contribution in [0.1, 0.15) is 37.3 Å². The first-order valence-corrected chi connectivity index (χ1v) is 11.1. The summed E-state index contributed by atoms with van der Waals surface area (Å²) in [5, 5.41) is 2.93. The molecule has 0 unspecified atom stereocenters. The van der Waals surface area contributed by atoms with E-state index in [1.165, 1.54) is 0 Å². The van der Waals surface area contributed by atoms with Gasteiger partial charge in [-0.05, 0) is 31.4 Å². The fourth-order valence-electron chi connectivity index (χ4n) is 4.92. The summed E-state index contributed by atoms with van der Waals surface area (Å²) in [7, 11) is 0. The van der Waals surface area contributed by atoms with Gasteiger partial charge in [0.2, 0.25) is 11.8 Å². The largest absolute Gasteiger partial charge is 0.379 e. The van der Waals surface area contributed by atoms with Crippen LogP contribution in [0.5, 0.6) is 0 Å². The van der Waals surface area contributed by atoms with Crippen molar-refractivity contribution in [2.24, 2.45) is 5.92 Å². The highest BCUT2D eigenvalue weighted by atomic mass is 16.5. The van der Waals surface area contributed by atoms with Gasteiger partial charge in [0.1, 0.15) is 0 Å². The van der Waals surface area contributed by atoms with Crippen LogP contribution in [0.2, 0.25) is 0 Å². The van der Waals surface area contributed by atoms with Crippen LogP contribution in [-0.2, 0) is 20.9 Å². The lowest BCUT2D eigenvalue weighted by molar-refractivity contribution is -0.136. The molecule has 0 saturated carbocycles. The van der Waals surface area contributed by atoms with Gasteiger partial charge in [0.25, 0.3) is 5.56 Å². The summed E-state index contributed by atoms with van der Waals surface area (Å²) in [5.74, 6) is 0.512. The normalized spacial score (nSPS) is 23.7. The number of aromatic nitrogens is 1. The van der Waals surface area contributed by atoms with Crippen LogP contribution in [0.4, 0.5) is 0 Å². The molecule has 1 aromatic heterocycles. The molecule has 1 N–H and O–H groups in total. The Balaban J connectivity index is 1.18. The van der Waals surface area contributed by atoms with Gasteiger partial charge in [0, 0.05) is 69.8 Å². The van der Waals surface area contributed by atoms with Crippen molar-refractivity contribution in [3.63, 3.8) is 0 Å². The van der Waals surface area contributed by atoms with E-state index in [9.17, 15) is 14.4 Å². The van der Waals surface area contributed by atoms with Crippen molar-refractivity contribution in [1.29, 1.82) is 0 Å². The summed E-state index contributed by atoms with van der Waals surface area (Å²) in [6, 6.07) is 5.41. The number of hydrogen-bond acceptors (Lipinski definition) is 5. The van der Waals surface area contributed by atoms with Gasteiger partial charge < -0.3 is 19.5 Å². The predicted molar refractivity (Wildman–Crippen MR) is 112 cm³/mol. The maximum absolute atomic E-state index is 12.7. The van der Waals surface area contributed by atoms with Gasteiger partial charge in [0.05, 0.1) is 13.2 Å². The lowest BCUT2D eigenvalue weighted by Gasteiger charge is -2.42. The standard InChI is InChI=1S/C22H32N4O4/c27-20(23-7-2-8-24-9-11-30-12-10-24)5-6-21(28)25-14-17-13-18(16-25)19-3-1-4-22(29)26(19)15-17/h1,3-4,17-18H,2,5-16H2,(H,23,27)/t17-,18+/m1/s1. The Kier molecular flexibility index (Phi) is 6.84. The third kappa shape index (κ3) is 5.10. The number of nitrogens with one attached hydrogen (secondary N) is 1. The summed E-state index contributed by atoms with van der Waals surface area (Å²) in [5.41, 5.74) is 1.08. The van der Waals surface area contributed by atoms with E-state index < -0.39 is 0 Å². The Labute approximate surface area is 177 Å². The summed E-state index contributed by atoms with van der Waals surface area (Å²) in [4.78, 5) is 41.2. The van der Waals surface area contributed by atoms with Crippen LogP contribution in [0, 0.1) is 5.92 Å². The molecule has 164 valence electrons. The number of morpholine rings is 1. The quantitative estimate of drug-likeness (QED) is 0.651. The molecule has 2 saturated heterocycles. The molecule has 2 amide bonds. The van der Waals surface area contributed by atoms with E-state index in [-0.39, 0.29) is 36.1 Å². The van der Waals surface area contributed by atoms with Crippen molar-refractivity contribution in [2.45, 2.75) is 38.1 Å². The van der Waals surface area contributed by atoms with E-state index in [2.05, 4.69) is 10.2 Å². The number of rotatable bonds is 7. The Hall–Kier alpha value is -2.19. The molecule has 30 heavy (non-hydrogen) atoms.